The summed E-state index contributed by atoms with van der Waals surface area (Å²) >= 11 is 0. The number of carbonyl (C=O) groups is 1. The fraction of sp³-hybridized carbons (Fsp3) is 0.611. The molecule has 1 aliphatic heterocycles. The molecule has 2 atom stereocenters. The lowest BCUT2D eigenvalue weighted by Gasteiger charge is -2.31. The second kappa shape index (κ2) is 6.29. The Morgan fingerprint density at radius 1 is 1.36 bits per heavy atom. The van der Waals surface area contributed by atoms with Gasteiger partial charge < -0.3 is 15.2 Å². The zero-order valence-corrected chi connectivity index (χ0v) is 14.2. The average molecular weight is 305 g/mol. The van der Waals surface area contributed by atoms with Crippen molar-refractivity contribution >= 4 is 5.91 Å². The summed E-state index contributed by atoms with van der Waals surface area (Å²) in [7, 11) is 0. The van der Waals surface area contributed by atoms with E-state index in [0.717, 1.165) is 11.3 Å². The second-order valence-electron chi connectivity index (χ2n) is 7.29. The number of hydrogen-bond acceptors (Lipinski definition) is 3. The summed E-state index contributed by atoms with van der Waals surface area (Å²) in [6, 6.07) is 4.04. The molecule has 4 heteroatoms. The van der Waals surface area contributed by atoms with Crippen LogP contribution >= 0.6 is 0 Å². The number of aliphatic hydroxyl groups is 1. The lowest BCUT2D eigenvalue weighted by molar-refractivity contribution is -0.128. The minimum atomic E-state index is -0.472. The predicted molar refractivity (Wildman–Crippen MR) is 87.1 cm³/mol. The molecule has 0 fully saturated rings. The lowest BCUT2D eigenvalue weighted by Crippen LogP contribution is -2.49. The molecule has 0 saturated carbocycles. The van der Waals surface area contributed by atoms with Gasteiger partial charge in [0.05, 0.1) is 0 Å². The molecule has 0 aromatic heterocycles. The maximum absolute atomic E-state index is 12.5. The first-order chi connectivity index (χ1) is 10.2. The van der Waals surface area contributed by atoms with Crippen molar-refractivity contribution in [2.24, 2.45) is 5.41 Å². The van der Waals surface area contributed by atoms with Crippen LogP contribution in [0.15, 0.2) is 12.1 Å². The first-order valence-corrected chi connectivity index (χ1v) is 7.90. The number of fused-ring (bicyclic) bond motifs is 1. The number of aryl methyl sites for hydroxylation is 2. The molecule has 4 nitrogen and oxygen atoms in total. The van der Waals surface area contributed by atoms with E-state index in [4.69, 9.17) is 4.74 Å². The van der Waals surface area contributed by atoms with Crippen molar-refractivity contribution in [1.29, 1.82) is 0 Å². The number of carbonyl (C=O) groups excluding carboxylic acids is 1. The van der Waals surface area contributed by atoms with Gasteiger partial charge in [0, 0.05) is 19.1 Å². The van der Waals surface area contributed by atoms with Gasteiger partial charge in [-0.2, -0.15) is 0 Å². The quantitative estimate of drug-likeness (QED) is 0.898. The minimum Gasteiger partial charge on any atom is -0.480 e. The van der Waals surface area contributed by atoms with E-state index in [2.05, 4.69) is 39.1 Å². The Morgan fingerprint density at radius 3 is 2.59 bits per heavy atom. The van der Waals surface area contributed by atoms with Crippen LogP contribution in [0.4, 0.5) is 0 Å². The van der Waals surface area contributed by atoms with Crippen LogP contribution in [0.1, 0.15) is 43.9 Å². The van der Waals surface area contributed by atoms with Crippen LogP contribution < -0.4 is 10.1 Å². The smallest absolute Gasteiger partial charge is 0.261 e. The summed E-state index contributed by atoms with van der Waals surface area (Å²) in [5.41, 5.74) is 3.39. The van der Waals surface area contributed by atoms with Gasteiger partial charge in [-0.05, 0) is 48.4 Å². The largest absolute Gasteiger partial charge is 0.480 e. The molecule has 0 radical (unpaired) electrons. The van der Waals surface area contributed by atoms with Crippen molar-refractivity contribution in [2.75, 3.05) is 6.61 Å². The Hall–Kier alpha value is -1.55. The zero-order chi connectivity index (χ0) is 16.5. The summed E-state index contributed by atoms with van der Waals surface area (Å²) in [6.45, 7) is 10.4. The third kappa shape index (κ3) is 3.61. The summed E-state index contributed by atoms with van der Waals surface area (Å²) in [5.74, 6) is 0.720. The molecule has 1 amide bonds. The van der Waals surface area contributed by atoms with Gasteiger partial charge in [0.2, 0.25) is 0 Å². The van der Waals surface area contributed by atoms with Crippen LogP contribution in [-0.4, -0.2) is 29.8 Å². The summed E-state index contributed by atoms with van der Waals surface area (Å²) in [5, 5.41) is 12.2. The maximum Gasteiger partial charge on any atom is 0.261 e. The molecule has 0 unspecified atom stereocenters. The molecule has 0 spiro atoms. The topological polar surface area (TPSA) is 58.6 Å². The number of nitrogens with one attached hydrogen (secondary N) is 1. The number of aliphatic hydroxyl groups excluding tert-OH is 1. The third-order valence-electron chi connectivity index (χ3n) is 4.42. The Morgan fingerprint density at radius 2 is 2.00 bits per heavy atom. The highest BCUT2D eigenvalue weighted by Crippen LogP contribution is 2.32. The summed E-state index contributed by atoms with van der Waals surface area (Å²) < 4.78 is 5.82. The molecule has 1 heterocycles. The molecule has 1 aromatic rings. The normalized spacial score (nSPS) is 18.5. The van der Waals surface area contributed by atoms with Gasteiger partial charge in [-0.3, -0.25) is 4.79 Å². The standard InChI is InChI=1S/C18H27NO3/c1-11-8-13-10-15(22-14(13)9-12(11)2)17(21)19-16(6-7-20)18(3,4)5/h8-9,15-16,20H,6-7,10H2,1-5H3,(H,19,21)/t15-,16+/m1/s1. The van der Waals surface area contributed by atoms with E-state index in [9.17, 15) is 9.90 Å². The van der Waals surface area contributed by atoms with Crippen molar-refractivity contribution in [1.82, 2.24) is 5.32 Å². The Kier molecular flexibility index (Phi) is 4.81. The average Bonchev–Trinajstić information content (AvgIpc) is 2.80. The van der Waals surface area contributed by atoms with Gasteiger partial charge in [0.25, 0.3) is 5.91 Å². The van der Waals surface area contributed by atoms with Crippen molar-refractivity contribution in [3.8, 4) is 5.75 Å². The molecular formula is C18H27NO3. The first-order valence-electron chi connectivity index (χ1n) is 7.90. The van der Waals surface area contributed by atoms with Gasteiger partial charge in [-0.15, -0.1) is 0 Å². The highest BCUT2D eigenvalue weighted by Gasteiger charge is 2.33. The van der Waals surface area contributed by atoms with E-state index in [1.807, 2.05) is 13.0 Å². The van der Waals surface area contributed by atoms with Crippen LogP contribution in [-0.2, 0) is 11.2 Å². The fourth-order valence-corrected chi connectivity index (χ4v) is 2.78. The maximum atomic E-state index is 12.5. The molecule has 0 bridgehead atoms. The van der Waals surface area contributed by atoms with E-state index < -0.39 is 6.10 Å². The van der Waals surface area contributed by atoms with Gasteiger partial charge in [0.1, 0.15) is 5.75 Å². The molecule has 2 N–H and O–H groups in total. The van der Waals surface area contributed by atoms with Crippen LogP contribution in [0.2, 0.25) is 0 Å². The SMILES string of the molecule is Cc1cc2c(cc1C)O[C@@H](C(=O)N[C@@H](CCO)C(C)(C)C)C2. The van der Waals surface area contributed by atoms with Crippen LogP contribution in [0.25, 0.3) is 0 Å². The molecule has 1 aliphatic rings. The number of amides is 1. The highest BCUT2D eigenvalue weighted by atomic mass is 16.5. The van der Waals surface area contributed by atoms with E-state index >= 15 is 0 Å². The van der Waals surface area contributed by atoms with Gasteiger partial charge >= 0.3 is 0 Å². The van der Waals surface area contributed by atoms with Crippen molar-refractivity contribution in [3.05, 3.63) is 28.8 Å². The van der Waals surface area contributed by atoms with E-state index in [1.165, 1.54) is 11.1 Å². The molecule has 0 aliphatic carbocycles. The van der Waals surface area contributed by atoms with Gasteiger partial charge in [-0.25, -0.2) is 0 Å². The van der Waals surface area contributed by atoms with Crippen molar-refractivity contribution < 1.29 is 14.6 Å². The zero-order valence-electron chi connectivity index (χ0n) is 14.2. The molecule has 2 rings (SSSR count). The first kappa shape index (κ1) is 16.8. The van der Waals surface area contributed by atoms with Crippen LogP contribution in [0.3, 0.4) is 0 Å². The molecule has 0 saturated heterocycles. The molecular weight excluding hydrogens is 278 g/mol. The van der Waals surface area contributed by atoms with E-state index in [0.29, 0.717) is 12.8 Å². The minimum absolute atomic E-state index is 0.0619. The molecule has 22 heavy (non-hydrogen) atoms. The summed E-state index contributed by atoms with van der Waals surface area (Å²) in [6.07, 6.45) is 0.686. The monoisotopic (exact) mass is 305 g/mol. The molecule has 1 aromatic carbocycles. The number of rotatable bonds is 4. The second-order valence-corrected chi connectivity index (χ2v) is 7.29. The van der Waals surface area contributed by atoms with E-state index in [1.54, 1.807) is 0 Å². The van der Waals surface area contributed by atoms with E-state index in [-0.39, 0.29) is 24.0 Å². The fourth-order valence-electron chi connectivity index (χ4n) is 2.78. The lowest BCUT2D eigenvalue weighted by atomic mass is 9.84. The van der Waals surface area contributed by atoms with Crippen LogP contribution in [0.5, 0.6) is 5.75 Å². The Bertz CT molecular complexity index is 529. The van der Waals surface area contributed by atoms with Gasteiger partial charge in [0.15, 0.2) is 6.10 Å². The Balaban J connectivity index is 2.06. The molecule has 122 valence electrons. The van der Waals surface area contributed by atoms with Crippen molar-refractivity contribution in [2.45, 2.75) is 59.6 Å². The van der Waals surface area contributed by atoms with Crippen LogP contribution in [0, 0.1) is 19.3 Å². The predicted octanol–water partition coefficient (Wildman–Crippen LogP) is 2.52. The number of hydrogen-bond donors (Lipinski definition) is 2. The summed E-state index contributed by atoms with van der Waals surface area (Å²) in [4.78, 5) is 12.5. The Labute approximate surface area is 132 Å². The van der Waals surface area contributed by atoms with Crippen molar-refractivity contribution in [3.63, 3.8) is 0 Å². The number of benzene rings is 1. The third-order valence-corrected chi connectivity index (χ3v) is 4.42. The highest BCUT2D eigenvalue weighted by molar-refractivity contribution is 5.83. The number of ether oxygens (including phenoxy) is 1. The van der Waals surface area contributed by atoms with Gasteiger partial charge in [-0.1, -0.05) is 26.8 Å².